The van der Waals surface area contributed by atoms with Crippen molar-refractivity contribution >= 4 is 29.9 Å². The number of methoxy groups -OCH3 is 1. The monoisotopic (exact) mass is 524 g/mol. The van der Waals surface area contributed by atoms with Gasteiger partial charge in [0.2, 0.25) is 5.82 Å². The van der Waals surface area contributed by atoms with Crippen LogP contribution in [0.1, 0.15) is 23.9 Å². The van der Waals surface area contributed by atoms with E-state index in [2.05, 4.69) is 49.0 Å². The van der Waals surface area contributed by atoms with Gasteiger partial charge in [-0.05, 0) is 49.6 Å². The number of aromatic amines is 1. The molecule has 9 heteroatoms. The predicted octanol–water partition coefficient (Wildman–Crippen LogP) is 3.34. The van der Waals surface area contributed by atoms with Crippen molar-refractivity contribution in [1.82, 2.24) is 25.8 Å². The van der Waals surface area contributed by atoms with Crippen LogP contribution in [0.3, 0.4) is 0 Å². The Hall–Kier alpha value is -2.56. The van der Waals surface area contributed by atoms with E-state index in [1.807, 2.05) is 26.0 Å². The van der Waals surface area contributed by atoms with Crippen LogP contribution >= 0.6 is 24.0 Å². The highest BCUT2D eigenvalue weighted by Crippen LogP contribution is 2.19. The van der Waals surface area contributed by atoms with E-state index < -0.39 is 0 Å². The fourth-order valence-electron chi connectivity index (χ4n) is 2.88. The van der Waals surface area contributed by atoms with Crippen molar-refractivity contribution in [1.29, 1.82) is 0 Å². The number of nitrogens with zero attached hydrogens (tertiary/aromatic N) is 3. The minimum atomic E-state index is 0. The van der Waals surface area contributed by atoms with Gasteiger partial charge in [0.15, 0.2) is 11.7 Å². The molecule has 0 unspecified atom stereocenters. The van der Waals surface area contributed by atoms with Crippen molar-refractivity contribution in [3.63, 3.8) is 0 Å². The lowest BCUT2D eigenvalue weighted by atomic mass is 10.1. The molecule has 30 heavy (non-hydrogen) atoms. The first-order chi connectivity index (χ1) is 14.2. The fraction of sp³-hybridized carbons (Fsp3) is 0.381. The predicted molar refractivity (Wildman–Crippen MR) is 129 cm³/mol. The van der Waals surface area contributed by atoms with E-state index in [0.717, 1.165) is 42.6 Å². The Balaban J connectivity index is 0.00000320. The molecular formula is C21H29IN6O2. The van der Waals surface area contributed by atoms with Gasteiger partial charge < -0.3 is 19.8 Å². The molecule has 3 aromatic rings. The number of aliphatic imine (C=N–C) groups is 1. The van der Waals surface area contributed by atoms with Gasteiger partial charge in [-0.2, -0.15) is 5.10 Å². The van der Waals surface area contributed by atoms with Gasteiger partial charge in [0.05, 0.1) is 13.4 Å². The van der Waals surface area contributed by atoms with Gasteiger partial charge in [-0.1, -0.05) is 12.1 Å². The number of aromatic nitrogens is 3. The van der Waals surface area contributed by atoms with Crippen molar-refractivity contribution in [2.45, 2.75) is 26.7 Å². The van der Waals surface area contributed by atoms with Crippen LogP contribution in [0.5, 0.6) is 5.75 Å². The molecule has 0 saturated heterocycles. The molecule has 0 fully saturated rings. The minimum Gasteiger partial charge on any atom is -0.496 e. The summed E-state index contributed by atoms with van der Waals surface area (Å²) in [5, 5.41) is 13.8. The molecule has 3 N–H and O–H groups in total. The van der Waals surface area contributed by atoms with Crippen LogP contribution in [0.4, 0.5) is 0 Å². The Morgan fingerprint density at radius 1 is 1.23 bits per heavy atom. The van der Waals surface area contributed by atoms with E-state index in [1.54, 1.807) is 13.4 Å². The summed E-state index contributed by atoms with van der Waals surface area (Å²) in [6, 6.07) is 9.95. The number of rotatable bonds is 9. The third kappa shape index (κ3) is 6.75. The van der Waals surface area contributed by atoms with Crippen LogP contribution in [-0.2, 0) is 12.8 Å². The Kier molecular flexibility index (Phi) is 9.65. The van der Waals surface area contributed by atoms with Gasteiger partial charge in [0, 0.05) is 26.1 Å². The molecule has 0 spiro atoms. The molecule has 0 bridgehead atoms. The van der Waals surface area contributed by atoms with Crippen LogP contribution in [0, 0.1) is 6.92 Å². The summed E-state index contributed by atoms with van der Waals surface area (Å²) < 4.78 is 10.7. The zero-order valence-electron chi connectivity index (χ0n) is 17.6. The molecule has 0 atom stereocenters. The fourth-order valence-corrected chi connectivity index (χ4v) is 2.88. The Bertz CT molecular complexity index is 923. The van der Waals surface area contributed by atoms with E-state index in [9.17, 15) is 0 Å². The number of H-pyrrole nitrogens is 1. The van der Waals surface area contributed by atoms with Crippen molar-refractivity contribution in [3.05, 3.63) is 53.5 Å². The number of halogens is 1. The maximum Gasteiger partial charge on any atom is 0.216 e. The maximum atomic E-state index is 5.40. The second-order valence-electron chi connectivity index (χ2n) is 6.57. The Morgan fingerprint density at radius 2 is 2.10 bits per heavy atom. The Morgan fingerprint density at radius 3 is 2.83 bits per heavy atom. The number of hydrogen-bond acceptors (Lipinski definition) is 5. The lowest BCUT2D eigenvalue weighted by molar-refractivity contribution is 0.411. The van der Waals surface area contributed by atoms with E-state index in [-0.39, 0.29) is 24.0 Å². The normalized spacial score (nSPS) is 11.1. The molecular weight excluding hydrogens is 495 g/mol. The summed E-state index contributed by atoms with van der Waals surface area (Å²) in [6.07, 6.45) is 3.16. The third-order valence-electron chi connectivity index (χ3n) is 4.41. The lowest BCUT2D eigenvalue weighted by Gasteiger charge is -2.12. The molecule has 2 aromatic heterocycles. The van der Waals surface area contributed by atoms with E-state index in [1.165, 1.54) is 5.56 Å². The number of furan rings is 1. The van der Waals surface area contributed by atoms with Gasteiger partial charge in [0.1, 0.15) is 11.6 Å². The maximum absolute atomic E-state index is 5.40. The number of hydrogen-bond donors (Lipinski definition) is 3. The van der Waals surface area contributed by atoms with Crippen LogP contribution in [0.25, 0.3) is 11.6 Å². The summed E-state index contributed by atoms with van der Waals surface area (Å²) >= 11 is 0. The number of benzene rings is 1. The zero-order valence-corrected chi connectivity index (χ0v) is 19.9. The van der Waals surface area contributed by atoms with Crippen LogP contribution in [0.2, 0.25) is 0 Å². The number of ether oxygens (including phenoxy) is 1. The van der Waals surface area contributed by atoms with Crippen LogP contribution < -0.4 is 15.4 Å². The van der Waals surface area contributed by atoms with Gasteiger partial charge in [-0.3, -0.25) is 10.1 Å². The van der Waals surface area contributed by atoms with E-state index in [0.29, 0.717) is 24.6 Å². The highest BCUT2D eigenvalue weighted by molar-refractivity contribution is 14.0. The van der Waals surface area contributed by atoms with Gasteiger partial charge >= 0.3 is 0 Å². The molecule has 3 rings (SSSR count). The summed E-state index contributed by atoms with van der Waals surface area (Å²) in [4.78, 5) is 9.06. The third-order valence-corrected chi connectivity index (χ3v) is 4.41. The molecule has 0 aliphatic rings. The largest absolute Gasteiger partial charge is 0.496 e. The summed E-state index contributed by atoms with van der Waals surface area (Å²) in [5.74, 6) is 3.70. The van der Waals surface area contributed by atoms with E-state index in [4.69, 9.17) is 9.15 Å². The summed E-state index contributed by atoms with van der Waals surface area (Å²) in [7, 11) is 1.70. The topological polar surface area (TPSA) is 100 Å². The number of nitrogens with one attached hydrogen (secondary N) is 3. The molecule has 162 valence electrons. The summed E-state index contributed by atoms with van der Waals surface area (Å²) in [6.45, 7) is 6.27. The highest BCUT2D eigenvalue weighted by atomic mass is 127. The number of aryl methyl sites for hydroxylation is 1. The molecule has 0 amide bonds. The van der Waals surface area contributed by atoms with Gasteiger partial charge in [-0.15, -0.1) is 24.0 Å². The molecule has 1 aromatic carbocycles. The highest BCUT2D eigenvalue weighted by Gasteiger charge is 2.08. The molecule has 0 radical (unpaired) electrons. The van der Waals surface area contributed by atoms with Crippen molar-refractivity contribution in [3.8, 4) is 17.3 Å². The first-order valence-electron chi connectivity index (χ1n) is 9.80. The first-order valence-corrected chi connectivity index (χ1v) is 9.80. The second-order valence-corrected chi connectivity index (χ2v) is 6.57. The average molecular weight is 524 g/mol. The van der Waals surface area contributed by atoms with Crippen molar-refractivity contribution in [2.75, 3.05) is 26.7 Å². The van der Waals surface area contributed by atoms with Crippen molar-refractivity contribution < 1.29 is 9.15 Å². The standard InChI is InChI=1S/C21H28N6O2.HI/c1-4-22-21(23-11-9-16-8-7-15(2)18(14-16)28-3)24-12-10-19-25-20(27-26-19)17-6-5-13-29-17;/h5-8,13-14H,4,9-12H2,1-3H3,(H2,22,23,24)(H,25,26,27);1H. The van der Waals surface area contributed by atoms with Crippen molar-refractivity contribution in [2.24, 2.45) is 4.99 Å². The smallest absolute Gasteiger partial charge is 0.216 e. The Labute approximate surface area is 193 Å². The minimum absolute atomic E-state index is 0. The lowest BCUT2D eigenvalue weighted by Crippen LogP contribution is -2.38. The molecule has 8 nitrogen and oxygen atoms in total. The SMILES string of the molecule is CCNC(=NCCc1nc(-c2ccco2)n[nH]1)NCCc1ccc(C)c(OC)c1.I. The van der Waals surface area contributed by atoms with Crippen LogP contribution in [-0.4, -0.2) is 47.9 Å². The molecule has 0 aliphatic carbocycles. The number of guanidine groups is 1. The van der Waals surface area contributed by atoms with Crippen LogP contribution in [0.15, 0.2) is 46.0 Å². The van der Waals surface area contributed by atoms with Gasteiger partial charge in [-0.25, -0.2) is 4.98 Å². The first kappa shape index (κ1) is 23.7. The summed E-state index contributed by atoms with van der Waals surface area (Å²) in [5.41, 5.74) is 2.37. The average Bonchev–Trinajstić information content (AvgIpc) is 3.41. The molecule has 2 heterocycles. The quantitative estimate of drug-likeness (QED) is 0.226. The molecule has 0 aliphatic heterocycles. The van der Waals surface area contributed by atoms with E-state index >= 15 is 0 Å². The second kappa shape index (κ2) is 12.2. The zero-order chi connectivity index (χ0) is 20.5. The van der Waals surface area contributed by atoms with Gasteiger partial charge in [0.25, 0.3) is 0 Å². The molecule has 0 saturated carbocycles.